The first-order valence-corrected chi connectivity index (χ1v) is 22.1. The van der Waals surface area contributed by atoms with Crippen molar-refractivity contribution >= 4 is 11.2 Å². The fraction of sp³-hybridized carbons (Fsp3) is 0.241. The Morgan fingerprint density at radius 1 is 0.574 bits per heavy atom. The van der Waals surface area contributed by atoms with Crippen molar-refractivity contribution in [3.8, 4) is 23.0 Å². The van der Waals surface area contributed by atoms with Crippen LogP contribution >= 0.6 is 0 Å². The molecule has 1 fully saturated rings. The van der Waals surface area contributed by atoms with Gasteiger partial charge in [-0.2, -0.15) is 0 Å². The third-order valence-corrected chi connectivity index (χ3v) is 12.6. The Bertz CT molecular complexity index is 2870. The van der Waals surface area contributed by atoms with Crippen LogP contribution in [0.3, 0.4) is 0 Å². The lowest BCUT2D eigenvalue weighted by Gasteiger charge is -2.40. The molecule has 2 N–H and O–H groups in total. The monoisotopic (exact) mass is 916 g/mol. The van der Waals surface area contributed by atoms with Crippen LogP contribution in [-0.2, 0) is 32.0 Å². The molecule has 0 spiro atoms. The second-order valence-electron chi connectivity index (χ2n) is 16.2. The Labute approximate surface area is 393 Å². The normalized spacial score (nSPS) is 17.3. The van der Waals surface area contributed by atoms with Crippen LogP contribution in [-0.4, -0.2) is 89.3 Å². The molecule has 3 heterocycles. The lowest BCUT2D eigenvalue weighted by molar-refractivity contribution is -0.123. The van der Waals surface area contributed by atoms with Gasteiger partial charge in [0, 0.05) is 0 Å². The van der Waals surface area contributed by atoms with E-state index in [1.165, 1.54) is 17.2 Å². The lowest BCUT2D eigenvalue weighted by Crippen LogP contribution is -2.45. The van der Waals surface area contributed by atoms with E-state index in [-0.39, 0.29) is 30.9 Å². The molecule has 68 heavy (non-hydrogen) atoms. The van der Waals surface area contributed by atoms with E-state index in [0.717, 1.165) is 33.4 Å². The summed E-state index contributed by atoms with van der Waals surface area (Å²) in [6.07, 6.45) is -1.89. The Hall–Kier alpha value is -7.33. The van der Waals surface area contributed by atoms with E-state index in [1.807, 2.05) is 158 Å². The number of nitrogens with zero attached hydrogens (tertiary/aromatic N) is 4. The molecule has 6 aromatic carbocycles. The highest BCUT2D eigenvalue weighted by Crippen LogP contribution is 2.48. The summed E-state index contributed by atoms with van der Waals surface area (Å²) < 4.78 is 47.2. The predicted octanol–water partition coefficient (Wildman–Crippen LogP) is 7.26. The number of methoxy groups -OCH3 is 4. The highest BCUT2D eigenvalue weighted by molar-refractivity contribution is 5.69. The van der Waals surface area contributed by atoms with Crippen molar-refractivity contribution in [1.29, 1.82) is 0 Å². The Balaban J connectivity index is 1.22. The van der Waals surface area contributed by atoms with Crippen LogP contribution in [0.15, 0.2) is 175 Å². The van der Waals surface area contributed by atoms with Gasteiger partial charge in [-0.15, -0.1) is 0 Å². The Morgan fingerprint density at radius 2 is 1.00 bits per heavy atom. The number of aliphatic hydroxyl groups excluding tert-OH is 2. The van der Waals surface area contributed by atoms with Gasteiger partial charge in [0.15, 0.2) is 17.4 Å². The number of rotatable bonds is 18. The van der Waals surface area contributed by atoms with Gasteiger partial charge in [0.2, 0.25) is 0 Å². The van der Waals surface area contributed by atoms with Gasteiger partial charge in [-0.05, 0) is 81.9 Å². The maximum absolute atomic E-state index is 13.7. The molecule has 14 nitrogen and oxygen atoms in total. The summed E-state index contributed by atoms with van der Waals surface area (Å²) >= 11 is 0. The number of hydrogen-bond acceptors (Lipinski definition) is 12. The molecule has 14 heteroatoms. The summed E-state index contributed by atoms with van der Waals surface area (Å²) in [5, 5.41) is 22.7. The maximum atomic E-state index is 13.7. The number of benzene rings is 6. The quantitative estimate of drug-likeness (QED) is 0.0832. The van der Waals surface area contributed by atoms with Crippen molar-refractivity contribution in [3.63, 3.8) is 0 Å². The van der Waals surface area contributed by atoms with Gasteiger partial charge < -0.3 is 43.4 Å². The maximum Gasteiger partial charge on any atom is 0.281 e. The first-order chi connectivity index (χ1) is 33.3. The molecule has 0 amide bonds. The predicted molar refractivity (Wildman–Crippen MR) is 254 cm³/mol. The molecular weight excluding hydrogens is 865 g/mol. The van der Waals surface area contributed by atoms with Gasteiger partial charge in [-0.1, -0.05) is 109 Å². The first-order valence-electron chi connectivity index (χ1n) is 22.1. The summed E-state index contributed by atoms with van der Waals surface area (Å²) in [5.74, 6) is 2.62. The molecule has 0 saturated carbocycles. The molecule has 4 atom stereocenters. The van der Waals surface area contributed by atoms with Crippen LogP contribution in [0.1, 0.15) is 39.6 Å². The highest BCUT2D eigenvalue weighted by Gasteiger charge is 2.53. The van der Waals surface area contributed by atoms with Gasteiger partial charge >= 0.3 is 0 Å². The van der Waals surface area contributed by atoms with E-state index in [4.69, 9.17) is 33.2 Å². The smallest absolute Gasteiger partial charge is 0.281 e. The zero-order valence-corrected chi connectivity index (χ0v) is 38.0. The molecule has 1 aliphatic heterocycles. The minimum Gasteiger partial charge on any atom is -0.497 e. The zero-order valence-electron chi connectivity index (χ0n) is 38.0. The number of aliphatic hydroxyl groups is 2. The SMILES string of the molecule is COc1ccc(C(OC[C@@H]2O[C@H](n3cnc4c(=O)n(CCO)cnc43)[C@@H](OC(c3ccccc3)(c3ccc(OC)cc3)c3ccc(OC)cc3)[C@@H]2O)(c2ccccc2)c2ccc(OC)cc2)cc1. The van der Waals surface area contributed by atoms with Crippen molar-refractivity contribution in [3.05, 3.63) is 214 Å². The zero-order chi connectivity index (χ0) is 47.3. The van der Waals surface area contributed by atoms with Crippen LogP contribution in [0.5, 0.6) is 23.0 Å². The minimum absolute atomic E-state index is 0.0350. The van der Waals surface area contributed by atoms with Crippen molar-refractivity contribution in [2.75, 3.05) is 41.7 Å². The summed E-state index contributed by atoms with van der Waals surface area (Å²) in [5.41, 5.74) is 1.76. The van der Waals surface area contributed by atoms with Crippen LogP contribution in [0, 0.1) is 0 Å². The van der Waals surface area contributed by atoms with E-state index < -0.39 is 41.3 Å². The van der Waals surface area contributed by atoms with Gasteiger partial charge in [0.25, 0.3) is 5.56 Å². The molecule has 9 rings (SSSR count). The van der Waals surface area contributed by atoms with Crippen molar-refractivity contribution < 1.29 is 43.4 Å². The molecule has 0 aliphatic carbocycles. The van der Waals surface area contributed by atoms with E-state index in [9.17, 15) is 15.0 Å². The fourth-order valence-electron chi connectivity index (χ4n) is 9.12. The van der Waals surface area contributed by atoms with E-state index in [2.05, 4.69) is 9.97 Å². The number of fused-ring (bicyclic) bond motifs is 1. The summed E-state index contributed by atoms with van der Waals surface area (Å²) in [7, 11) is 6.45. The number of ether oxygens (including phenoxy) is 7. The largest absolute Gasteiger partial charge is 0.497 e. The summed E-state index contributed by atoms with van der Waals surface area (Å²) in [4.78, 5) is 22.9. The third kappa shape index (κ3) is 8.37. The minimum atomic E-state index is -1.40. The average molecular weight is 917 g/mol. The van der Waals surface area contributed by atoms with Crippen LogP contribution < -0.4 is 24.5 Å². The second-order valence-corrected chi connectivity index (χ2v) is 16.2. The molecule has 1 aliphatic rings. The van der Waals surface area contributed by atoms with Crippen LogP contribution in [0.25, 0.3) is 11.2 Å². The van der Waals surface area contributed by atoms with Crippen LogP contribution in [0.4, 0.5) is 0 Å². The number of imidazole rings is 1. The summed E-state index contributed by atoms with van der Waals surface area (Å²) in [6.45, 7) is -0.385. The molecule has 2 aromatic heterocycles. The topological polar surface area (TPSA) is 158 Å². The lowest BCUT2D eigenvalue weighted by atomic mass is 9.79. The molecule has 0 radical (unpaired) electrons. The fourth-order valence-corrected chi connectivity index (χ4v) is 9.12. The standard InChI is InChI=1S/C54H52N4O10/c1-62-42-23-15-38(16-24-42)53(36-11-7-5-8-12-36,39-17-25-43(63-2)26-18-39)66-33-46-48(60)49(52(67-46)58-35-55-47-50(58)56-34-57(31-32-59)51(47)61)68-54(37-13-9-6-10-14-37,40-19-27-44(64-3)28-20-40)41-21-29-45(65-4)30-22-41/h5-30,34-35,46,48-49,52,59-60H,31-33H2,1-4H3/t46-,48+,49-,52-/m0/s1. The van der Waals surface area contributed by atoms with Crippen molar-refractivity contribution in [1.82, 2.24) is 19.1 Å². The molecule has 8 aromatic rings. The van der Waals surface area contributed by atoms with E-state index in [0.29, 0.717) is 23.0 Å². The van der Waals surface area contributed by atoms with Gasteiger partial charge in [0.1, 0.15) is 58.8 Å². The van der Waals surface area contributed by atoms with Crippen molar-refractivity contribution in [2.45, 2.75) is 42.3 Å². The highest BCUT2D eigenvalue weighted by atomic mass is 16.6. The number of hydrogen-bond donors (Lipinski definition) is 2. The average Bonchev–Trinajstić information content (AvgIpc) is 3.97. The van der Waals surface area contributed by atoms with Crippen LogP contribution in [0.2, 0.25) is 0 Å². The Kier molecular flexibility index (Phi) is 13.4. The number of aromatic nitrogens is 4. The molecular formula is C54H52N4O10. The van der Waals surface area contributed by atoms with E-state index >= 15 is 0 Å². The second kappa shape index (κ2) is 19.9. The van der Waals surface area contributed by atoms with E-state index in [1.54, 1.807) is 33.0 Å². The van der Waals surface area contributed by atoms with Gasteiger partial charge in [-0.3, -0.25) is 13.9 Å². The molecule has 348 valence electrons. The Morgan fingerprint density at radius 3 is 1.44 bits per heavy atom. The third-order valence-electron chi connectivity index (χ3n) is 12.6. The van der Waals surface area contributed by atoms with Crippen molar-refractivity contribution in [2.24, 2.45) is 0 Å². The molecule has 1 saturated heterocycles. The molecule has 0 bridgehead atoms. The first kappa shape index (κ1) is 45.8. The summed E-state index contributed by atoms with van der Waals surface area (Å²) in [6, 6.07) is 50.2. The van der Waals surface area contributed by atoms with Gasteiger partial charge in [0.05, 0.1) is 54.5 Å². The molecule has 0 unspecified atom stereocenters. The van der Waals surface area contributed by atoms with Gasteiger partial charge in [-0.25, -0.2) is 9.97 Å².